The molecule has 2 heterocycles. The predicted octanol–water partition coefficient (Wildman–Crippen LogP) is 4.22. The van der Waals surface area contributed by atoms with Crippen LogP contribution >= 0.6 is 0 Å². The van der Waals surface area contributed by atoms with Gasteiger partial charge in [-0.25, -0.2) is 0 Å². The minimum Gasteiger partial charge on any atom is -0.406 e. The molecule has 0 aliphatic heterocycles. The number of aryl methyl sites for hydroxylation is 1. The van der Waals surface area contributed by atoms with E-state index in [9.17, 15) is 35.9 Å². The van der Waals surface area contributed by atoms with E-state index in [1.165, 1.54) is 19.3 Å². The number of nitrogens with zero attached hydrogens (tertiary/aromatic N) is 2. The molecule has 0 bridgehead atoms. The number of amides is 1. The topological polar surface area (TPSA) is 73.2 Å². The number of ether oxygens (including phenoxy) is 1. The standard InChI is InChI=1S/C21H15F6N3O3/c1-30-11-13(6-9-16(30)31)19(32)29-17(18-15(20(22,23)24)3-2-10-28-18)12-4-7-14(8-5-12)33-21(25,26)27/h2-11,17H,1H3,(H,29,32)/t17-/m0/s1. The third kappa shape index (κ3) is 5.90. The molecular weight excluding hydrogens is 456 g/mol. The second-order valence-corrected chi connectivity index (χ2v) is 6.82. The first-order valence-corrected chi connectivity index (χ1v) is 9.20. The summed E-state index contributed by atoms with van der Waals surface area (Å²) in [5, 5.41) is 2.41. The van der Waals surface area contributed by atoms with Crippen LogP contribution in [0.15, 0.2) is 65.7 Å². The summed E-state index contributed by atoms with van der Waals surface area (Å²) >= 11 is 0. The van der Waals surface area contributed by atoms with Crippen molar-refractivity contribution in [3.63, 3.8) is 0 Å². The zero-order chi connectivity index (χ0) is 24.4. The molecule has 0 aliphatic carbocycles. The molecule has 1 atom stereocenters. The molecule has 0 saturated carbocycles. The van der Waals surface area contributed by atoms with Gasteiger partial charge in [0.1, 0.15) is 5.75 Å². The van der Waals surface area contributed by atoms with Gasteiger partial charge in [-0.15, -0.1) is 13.2 Å². The van der Waals surface area contributed by atoms with Crippen LogP contribution in [0.25, 0.3) is 0 Å². The maximum Gasteiger partial charge on any atom is 0.573 e. The molecule has 0 unspecified atom stereocenters. The molecule has 2 aromatic heterocycles. The lowest BCUT2D eigenvalue weighted by Crippen LogP contribution is -2.32. The summed E-state index contributed by atoms with van der Waals surface area (Å²) in [6, 6.07) is 6.64. The summed E-state index contributed by atoms with van der Waals surface area (Å²) in [4.78, 5) is 28.1. The summed E-state index contributed by atoms with van der Waals surface area (Å²) < 4.78 is 83.0. The summed E-state index contributed by atoms with van der Waals surface area (Å²) in [6.07, 6.45) is -7.49. The minimum absolute atomic E-state index is 0.0203. The first-order chi connectivity index (χ1) is 15.3. The van der Waals surface area contributed by atoms with Crippen LogP contribution < -0.4 is 15.6 Å². The van der Waals surface area contributed by atoms with E-state index in [0.717, 1.165) is 53.2 Å². The van der Waals surface area contributed by atoms with E-state index < -0.39 is 47.1 Å². The van der Waals surface area contributed by atoms with Crippen molar-refractivity contribution in [2.75, 3.05) is 0 Å². The third-order valence-corrected chi connectivity index (χ3v) is 4.49. The first-order valence-electron chi connectivity index (χ1n) is 9.20. The first kappa shape index (κ1) is 23.8. The van der Waals surface area contributed by atoms with Gasteiger partial charge in [0, 0.05) is 25.5 Å². The number of nitrogens with one attached hydrogen (secondary N) is 1. The van der Waals surface area contributed by atoms with Gasteiger partial charge in [-0.2, -0.15) is 13.2 Å². The molecule has 174 valence electrons. The summed E-state index contributed by atoms with van der Waals surface area (Å²) in [7, 11) is 1.39. The Morgan fingerprint density at radius 1 is 1.03 bits per heavy atom. The molecule has 1 aromatic carbocycles. The molecule has 0 saturated heterocycles. The normalized spacial score (nSPS) is 12.8. The second-order valence-electron chi connectivity index (χ2n) is 6.82. The van der Waals surface area contributed by atoms with E-state index in [1.54, 1.807) is 0 Å². The van der Waals surface area contributed by atoms with Gasteiger partial charge >= 0.3 is 12.5 Å². The van der Waals surface area contributed by atoms with Crippen LogP contribution in [0.2, 0.25) is 0 Å². The third-order valence-electron chi connectivity index (χ3n) is 4.49. The Bertz CT molecular complexity index is 1200. The number of alkyl halides is 6. The van der Waals surface area contributed by atoms with Crippen molar-refractivity contribution in [3.8, 4) is 5.75 Å². The zero-order valence-corrected chi connectivity index (χ0v) is 16.7. The van der Waals surface area contributed by atoms with Crippen LogP contribution in [-0.4, -0.2) is 21.8 Å². The fourth-order valence-corrected chi connectivity index (χ4v) is 3.00. The van der Waals surface area contributed by atoms with E-state index in [-0.39, 0.29) is 11.1 Å². The van der Waals surface area contributed by atoms with Crippen LogP contribution in [0.4, 0.5) is 26.3 Å². The average Bonchev–Trinajstić information content (AvgIpc) is 2.73. The van der Waals surface area contributed by atoms with Crippen LogP contribution in [0.1, 0.15) is 33.2 Å². The summed E-state index contributed by atoms with van der Waals surface area (Å²) in [5.74, 6) is -1.42. The molecule has 1 N–H and O–H groups in total. The van der Waals surface area contributed by atoms with E-state index in [1.807, 2.05) is 0 Å². The zero-order valence-electron chi connectivity index (χ0n) is 16.7. The number of carbonyl (C=O) groups excluding carboxylic acids is 1. The monoisotopic (exact) mass is 471 g/mol. The quantitative estimate of drug-likeness (QED) is 0.566. The van der Waals surface area contributed by atoms with Gasteiger partial charge in [-0.3, -0.25) is 14.6 Å². The van der Waals surface area contributed by atoms with Crippen molar-refractivity contribution in [2.45, 2.75) is 18.6 Å². The predicted molar refractivity (Wildman–Crippen MR) is 103 cm³/mol. The van der Waals surface area contributed by atoms with Gasteiger partial charge in [-0.1, -0.05) is 12.1 Å². The van der Waals surface area contributed by atoms with E-state index in [0.29, 0.717) is 0 Å². The maximum absolute atomic E-state index is 13.6. The fraction of sp³-hybridized carbons (Fsp3) is 0.190. The molecule has 6 nitrogen and oxygen atoms in total. The number of benzene rings is 1. The van der Waals surface area contributed by atoms with Gasteiger partial charge in [0.15, 0.2) is 0 Å². The molecule has 0 fully saturated rings. The highest BCUT2D eigenvalue weighted by atomic mass is 19.4. The van der Waals surface area contributed by atoms with E-state index >= 15 is 0 Å². The Balaban J connectivity index is 2.05. The van der Waals surface area contributed by atoms with Crippen LogP contribution in [0.5, 0.6) is 5.75 Å². The largest absolute Gasteiger partial charge is 0.573 e. The molecular formula is C21H15F6N3O3. The van der Waals surface area contributed by atoms with Crippen LogP contribution in [-0.2, 0) is 13.2 Å². The highest BCUT2D eigenvalue weighted by Crippen LogP contribution is 2.36. The number of pyridine rings is 2. The Morgan fingerprint density at radius 3 is 2.27 bits per heavy atom. The average molecular weight is 471 g/mol. The van der Waals surface area contributed by atoms with Crippen molar-refractivity contribution in [3.05, 3.63) is 93.7 Å². The van der Waals surface area contributed by atoms with Crippen molar-refractivity contribution in [1.29, 1.82) is 0 Å². The highest BCUT2D eigenvalue weighted by molar-refractivity contribution is 5.94. The summed E-state index contributed by atoms with van der Waals surface area (Å²) in [6.45, 7) is 0. The lowest BCUT2D eigenvalue weighted by atomic mass is 9.98. The Hall–Kier alpha value is -3.83. The molecule has 1 amide bonds. The molecule has 3 aromatic rings. The molecule has 3 rings (SSSR count). The SMILES string of the molecule is Cn1cc(C(=O)N[C@@H](c2ccc(OC(F)(F)F)cc2)c2ncccc2C(F)(F)F)ccc1=O. The van der Waals surface area contributed by atoms with Gasteiger partial charge in [0.25, 0.3) is 5.91 Å². The maximum atomic E-state index is 13.6. The number of hydrogen-bond acceptors (Lipinski definition) is 4. The number of carbonyl (C=O) groups is 1. The number of hydrogen-bond donors (Lipinski definition) is 1. The number of halogens is 6. The lowest BCUT2D eigenvalue weighted by Gasteiger charge is -2.23. The number of rotatable bonds is 5. The highest BCUT2D eigenvalue weighted by Gasteiger charge is 2.37. The van der Waals surface area contributed by atoms with Crippen LogP contribution in [0.3, 0.4) is 0 Å². The van der Waals surface area contributed by atoms with Crippen molar-refractivity contribution >= 4 is 5.91 Å². The Morgan fingerprint density at radius 2 is 1.70 bits per heavy atom. The molecule has 0 spiro atoms. The van der Waals surface area contributed by atoms with Crippen molar-refractivity contribution in [1.82, 2.24) is 14.9 Å². The second kappa shape index (κ2) is 8.96. The van der Waals surface area contributed by atoms with Gasteiger partial charge in [-0.05, 0) is 35.9 Å². The van der Waals surface area contributed by atoms with Crippen molar-refractivity contribution in [2.24, 2.45) is 7.05 Å². The molecule has 0 aliphatic rings. The Kier molecular flexibility index (Phi) is 6.47. The fourth-order valence-electron chi connectivity index (χ4n) is 3.00. The minimum atomic E-state index is -4.96. The van der Waals surface area contributed by atoms with Gasteiger partial charge < -0.3 is 14.6 Å². The van der Waals surface area contributed by atoms with E-state index in [2.05, 4.69) is 15.0 Å². The van der Waals surface area contributed by atoms with Crippen LogP contribution in [0, 0.1) is 0 Å². The Labute approximate surface area is 182 Å². The summed E-state index contributed by atoms with van der Waals surface area (Å²) in [5.41, 5.74) is -2.11. The smallest absolute Gasteiger partial charge is 0.406 e. The molecule has 0 radical (unpaired) electrons. The number of aromatic nitrogens is 2. The lowest BCUT2D eigenvalue weighted by molar-refractivity contribution is -0.274. The van der Waals surface area contributed by atoms with Gasteiger partial charge in [0.05, 0.1) is 22.9 Å². The van der Waals surface area contributed by atoms with Gasteiger partial charge in [0.2, 0.25) is 5.56 Å². The molecule has 12 heteroatoms. The molecule has 33 heavy (non-hydrogen) atoms. The van der Waals surface area contributed by atoms with E-state index in [4.69, 9.17) is 0 Å². The van der Waals surface area contributed by atoms with Crippen molar-refractivity contribution < 1.29 is 35.9 Å².